The molecule has 0 N–H and O–H groups in total. The van der Waals surface area contributed by atoms with Crippen LogP contribution in [0.4, 0.5) is 4.39 Å². The number of halogens is 3. The summed E-state index contributed by atoms with van der Waals surface area (Å²) < 4.78 is 19.9. The van der Waals surface area contributed by atoms with E-state index in [1.807, 2.05) is 18.2 Å². The molecule has 1 aromatic heterocycles. The molecule has 0 amide bonds. The topological polar surface area (TPSA) is 22.1 Å². The fraction of sp³-hybridized carbons (Fsp3) is 0.105. The van der Waals surface area contributed by atoms with E-state index in [-0.39, 0.29) is 12.4 Å². The van der Waals surface area contributed by atoms with Crippen LogP contribution in [-0.2, 0) is 13.0 Å². The highest BCUT2D eigenvalue weighted by Gasteiger charge is 2.14. The van der Waals surface area contributed by atoms with Gasteiger partial charge in [0.15, 0.2) is 0 Å². The summed E-state index contributed by atoms with van der Waals surface area (Å²) in [5.41, 5.74) is 2.47. The van der Waals surface area contributed by atoms with E-state index < -0.39 is 0 Å². The SMILES string of the molecule is C=CCc1cc(Cl)c2cccnc2c1OCc1ccc(F)cc1Br. The Balaban J connectivity index is 2.02. The van der Waals surface area contributed by atoms with E-state index >= 15 is 0 Å². The van der Waals surface area contributed by atoms with Crippen LogP contribution in [0.15, 0.2) is 59.7 Å². The van der Waals surface area contributed by atoms with Crippen LogP contribution >= 0.6 is 27.5 Å². The molecule has 0 radical (unpaired) electrons. The zero-order chi connectivity index (χ0) is 17.1. The third-order valence-electron chi connectivity index (χ3n) is 3.62. The second-order valence-electron chi connectivity index (χ2n) is 5.26. The lowest BCUT2D eigenvalue weighted by Crippen LogP contribution is -2.01. The Morgan fingerprint density at radius 1 is 1.25 bits per heavy atom. The van der Waals surface area contributed by atoms with Gasteiger partial charge in [-0.05, 0) is 36.8 Å². The van der Waals surface area contributed by atoms with Crippen LogP contribution in [-0.4, -0.2) is 4.98 Å². The molecule has 0 saturated heterocycles. The summed E-state index contributed by atoms with van der Waals surface area (Å²) in [6.07, 6.45) is 4.12. The standard InChI is InChI=1S/C19H14BrClFNO/c1-2-4-12-9-17(21)15-5-3-8-23-18(15)19(12)24-11-13-6-7-14(22)10-16(13)20/h2-3,5-10H,1,4,11H2. The molecule has 0 unspecified atom stereocenters. The normalized spacial score (nSPS) is 10.8. The minimum atomic E-state index is -0.295. The van der Waals surface area contributed by atoms with Crippen LogP contribution in [0.5, 0.6) is 5.75 Å². The quantitative estimate of drug-likeness (QED) is 0.478. The van der Waals surface area contributed by atoms with Gasteiger partial charge in [0.05, 0.1) is 5.02 Å². The molecule has 24 heavy (non-hydrogen) atoms. The molecule has 0 aliphatic rings. The van der Waals surface area contributed by atoms with Gasteiger partial charge in [-0.15, -0.1) is 6.58 Å². The molecular weight excluding hydrogens is 393 g/mol. The van der Waals surface area contributed by atoms with Crippen LogP contribution in [0, 0.1) is 5.82 Å². The smallest absolute Gasteiger partial charge is 0.149 e. The molecule has 0 aliphatic heterocycles. The summed E-state index contributed by atoms with van der Waals surface area (Å²) in [4.78, 5) is 4.42. The summed E-state index contributed by atoms with van der Waals surface area (Å²) in [5.74, 6) is 0.378. The molecule has 2 nitrogen and oxygen atoms in total. The molecule has 0 bridgehead atoms. The van der Waals surface area contributed by atoms with Crippen molar-refractivity contribution in [2.24, 2.45) is 0 Å². The fourth-order valence-corrected chi connectivity index (χ4v) is 3.23. The Morgan fingerprint density at radius 3 is 2.83 bits per heavy atom. The summed E-state index contributed by atoms with van der Waals surface area (Å²) in [6, 6.07) is 10.1. The van der Waals surface area contributed by atoms with E-state index in [1.165, 1.54) is 12.1 Å². The van der Waals surface area contributed by atoms with Gasteiger partial charge in [-0.3, -0.25) is 4.98 Å². The largest absolute Gasteiger partial charge is 0.486 e. The Kier molecular flexibility index (Phi) is 5.17. The van der Waals surface area contributed by atoms with Gasteiger partial charge in [0.1, 0.15) is 23.7 Å². The lowest BCUT2D eigenvalue weighted by molar-refractivity contribution is 0.306. The van der Waals surface area contributed by atoms with Crippen molar-refractivity contribution in [2.75, 3.05) is 0 Å². The highest BCUT2D eigenvalue weighted by atomic mass is 79.9. The van der Waals surface area contributed by atoms with E-state index in [1.54, 1.807) is 18.3 Å². The number of hydrogen-bond acceptors (Lipinski definition) is 2. The molecule has 5 heteroatoms. The number of hydrogen-bond donors (Lipinski definition) is 0. The lowest BCUT2D eigenvalue weighted by atomic mass is 10.1. The zero-order valence-electron chi connectivity index (χ0n) is 12.7. The first-order valence-corrected chi connectivity index (χ1v) is 8.51. The number of fused-ring (bicyclic) bond motifs is 1. The predicted molar refractivity (Wildman–Crippen MR) is 99.1 cm³/mol. The van der Waals surface area contributed by atoms with E-state index in [4.69, 9.17) is 16.3 Å². The van der Waals surface area contributed by atoms with Gasteiger partial charge in [-0.2, -0.15) is 0 Å². The van der Waals surface area contributed by atoms with Crippen LogP contribution in [0.25, 0.3) is 10.9 Å². The van der Waals surface area contributed by atoms with E-state index in [0.29, 0.717) is 27.2 Å². The first-order valence-electron chi connectivity index (χ1n) is 7.34. The molecule has 3 rings (SSSR count). The minimum absolute atomic E-state index is 0.290. The molecule has 0 aliphatic carbocycles. The van der Waals surface area contributed by atoms with E-state index in [2.05, 4.69) is 27.5 Å². The number of nitrogens with zero attached hydrogens (tertiary/aromatic N) is 1. The van der Waals surface area contributed by atoms with Crippen molar-refractivity contribution in [3.8, 4) is 5.75 Å². The maximum Gasteiger partial charge on any atom is 0.149 e. The Labute approximate surface area is 153 Å². The number of pyridine rings is 1. The van der Waals surface area contributed by atoms with Gasteiger partial charge in [0.25, 0.3) is 0 Å². The van der Waals surface area contributed by atoms with Gasteiger partial charge in [0.2, 0.25) is 0 Å². The van der Waals surface area contributed by atoms with E-state index in [9.17, 15) is 4.39 Å². The van der Waals surface area contributed by atoms with Gasteiger partial charge < -0.3 is 4.74 Å². The fourth-order valence-electron chi connectivity index (χ4n) is 2.48. The maximum absolute atomic E-state index is 13.2. The number of rotatable bonds is 5. The Morgan fingerprint density at radius 2 is 2.08 bits per heavy atom. The molecule has 122 valence electrons. The van der Waals surface area contributed by atoms with Gasteiger partial charge >= 0.3 is 0 Å². The molecule has 1 heterocycles. The third-order valence-corrected chi connectivity index (χ3v) is 4.67. The number of benzene rings is 2. The Bertz CT molecular complexity index is 913. The second kappa shape index (κ2) is 7.32. The molecular formula is C19H14BrClFNO. The van der Waals surface area contributed by atoms with Crippen LogP contribution in [0.3, 0.4) is 0 Å². The van der Waals surface area contributed by atoms with Crippen molar-refractivity contribution in [1.29, 1.82) is 0 Å². The van der Waals surface area contributed by atoms with Crippen molar-refractivity contribution < 1.29 is 9.13 Å². The molecule has 2 aromatic carbocycles. The monoisotopic (exact) mass is 405 g/mol. The predicted octanol–water partition coefficient (Wildman–Crippen LogP) is 6.10. The summed E-state index contributed by atoms with van der Waals surface area (Å²) >= 11 is 9.71. The first kappa shape index (κ1) is 16.9. The minimum Gasteiger partial charge on any atom is -0.486 e. The second-order valence-corrected chi connectivity index (χ2v) is 6.52. The highest BCUT2D eigenvalue weighted by Crippen LogP contribution is 2.35. The van der Waals surface area contributed by atoms with Crippen LogP contribution in [0.1, 0.15) is 11.1 Å². The van der Waals surface area contributed by atoms with Crippen molar-refractivity contribution in [1.82, 2.24) is 4.98 Å². The van der Waals surface area contributed by atoms with E-state index in [0.717, 1.165) is 16.5 Å². The molecule has 0 atom stereocenters. The number of ether oxygens (including phenoxy) is 1. The highest BCUT2D eigenvalue weighted by molar-refractivity contribution is 9.10. The van der Waals surface area contributed by atoms with Gasteiger partial charge in [0, 0.05) is 27.2 Å². The average molecular weight is 407 g/mol. The zero-order valence-corrected chi connectivity index (χ0v) is 15.1. The number of allylic oxidation sites excluding steroid dienone is 1. The molecule has 0 fully saturated rings. The molecule has 3 aromatic rings. The van der Waals surface area contributed by atoms with Crippen molar-refractivity contribution in [2.45, 2.75) is 13.0 Å². The van der Waals surface area contributed by atoms with Crippen molar-refractivity contribution in [3.63, 3.8) is 0 Å². The molecule has 0 saturated carbocycles. The third kappa shape index (κ3) is 3.45. The summed E-state index contributed by atoms with van der Waals surface area (Å²) in [7, 11) is 0. The maximum atomic E-state index is 13.2. The first-order chi connectivity index (χ1) is 11.6. The van der Waals surface area contributed by atoms with Crippen LogP contribution in [0.2, 0.25) is 5.02 Å². The number of aromatic nitrogens is 1. The summed E-state index contributed by atoms with van der Waals surface area (Å²) in [6.45, 7) is 4.07. The average Bonchev–Trinajstić information content (AvgIpc) is 2.56. The van der Waals surface area contributed by atoms with Crippen molar-refractivity contribution >= 4 is 38.4 Å². The lowest BCUT2D eigenvalue weighted by Gasteiger charge is -2.15. The van der Waals surface area contributed by atoms with Gasteiger partial charge in [-0.1, -0.05) is 39.7 Å². The van der Waals surface area contributed by atoms with Gasteiger partial charge in [-0.25, -0.2) is 4.39 Å². The van der Waals surface area contributed by atoms with Crippen LogP contribution < -0.4 is 4.74 Å². The summed E-state index contributed by atoms with van der Waals surface area (Å²) in [5, 5.41) is 1.46. The Hall–Kier alpha value is -1.91. The van der Waals surface area contributed by atoms with Crippen molar-refractivity contribution in [3.05, 3.63) is 81.7 Å². The molecule has 0 spiro atoms.